The lowest BCUT2D eigenvalue weighted by molar-refractivity contribution is -0.144. The lowest BCUT2D eigenvalue weighted by Crippen LogP contribution is -2.20. The largest absolute Gasteiger partial charge is 0.481 e. The molecule has 0 radical (unpaired) electrons. The highest BCUT2D eigenvalue weighted by atomic mass is 16.5. The van der Waals surface area contributed by atoms with Crippen LogP contribution in [0.25, 0.3) is 0 Å². The Morgan fingerprint density at radius 1 is 1.80 bits per heavy atom. The van der Waals surface area contributed by atoms with Crippen LogP contribution in [-0.4, -0.2) is 24.8 Å². The molecule has 1 unspecified atom stereocenters. The van der Waals surface area contributed by atoms with E-state index in [0.29, 0.717) is 12.5 Å². The molecule has 0 amide bonds. The predicted octanol–water partition coefficient (Wildman–Crippen LogP) is 0.744. The molecule has 0 saturated heterocycles. The third-order valence-electron chi connectivity index (χ3n) is 1.85. The fourth-order valence-corrected chi connectivity index (χ4v) is 1.09. The Bertz CT molecular complexity index is 129. The van der Waals surface area contributed by atoms with Crippen molar-refractivity contribution < 1.29 is 14.6 Å². The van der Waals surface area contributed by atoms with Gasteiger partial charge in [-0.25, -0.2) is 0 Å². The van der Waals surface area contributed by atoms with Crippen molar-refractivity contribution >= 4 is 5.97 Å². The molecule has 58 valence electrons. The number of methoxy groups -OCH3 is 1. The first-order valence-corrected chi connectivity index (χ1v) is 3.47. The maximum Gasteiger partial charge on any atom is 0.309 e. The van der Waals surface area contributed by atoms with Crippen molar-refractivity contribution in [2.45, 2.75) is 12.8 Å². The minimum Gasteiger partial charge on any atom is -0.481 e. The Kier molecular flexibility index (Phi) is 2.27. The average molecular weight is 144 g/mol. The second-order valence-electron chi connectivity index (χ2n) is 2.74. The van der Waals surface area contributed by atoms with Gasteiger partial charge in [0, 0.05) is 7.11 Å². The van der Waals surface area contributed by atoms with Crippen molar-refractivity contribution in [3.05, 3.63) is 0 Å². The van der Waals surface area contributed by atoms with Crippen LogP contribution < -0.4 is 0 Å². The lowest BCUT2D eigenvalue weighted by atomic mass is 10.1. The summed E-state index contributed by atoms with van der Waals surface area (Å²) in [7, 11) is 1.54. The van der Waals surface area contributed by atoms with Gasteiger partial charge in [0.05, 0.1) is 12.5 Å². The quantitative estimate of drug-likeness (QED) is 0.633. The topological polar surface area (TPSA) is 46.5 Å². The maximum atomic E-state index is 10.5. The fraction of sp³-hybridized carbons (Fsp3) is 0.857. The van der Waals surface area contributed by atoms with Crippen molar-refractivity contribution in [1.82, 2.24) is 0 Å². The number of carboxylic acid groups (broad SMARTS) is 1. The lowest BCUT2D eigenvalue weighted by Gasteiger charge is -2.07. The maximum absolute atomic E-state index is 10.5. The first-order chi connectivity index (χ1) is 4.75. The molecule has 1 rings (SSSR count). The number of aliphatic carboxylic acids is 1. The first-order valence-electron chi connectivity index (χ1n) is 3.47. The molecule has 3 nitrogen and oxygen atoms in total. The molecule has 0 bridgehead atoms. The number of carboxylic acids is 1. The highest BCUT2D eigenvalue weighted by Gasteiger charge is 2.35. The Hall–Kier alpha value is -0.570. The van der Waals surface area contributed by atoms with Gasteiger partial charge in [-0.3, -0.25) is 4.79 Å². The van der Waals surface area contributed by atoms with Crippen LogP contribution in [-0.2, 0) is 9.53 Å². The van der Waals surface area contributed by atoms with E-state index in [0.717, 1.165) is 12.8 Å². The zero-order chi connectivity index (χ0) is 7.56. The second kappa shape index (κ2) is 3.01. The zero-order valence-corrected chi connectivity index (χ0v) is 6.04. The van der Waals surface area contributed by atoms with E-state index in [9.17, 15) is 4.79 Å². The van der Waals surface area contributed by atoms with Gasteiger partial charge in [-0.1, -0.05) is 0 Å². The summed E-state index contributed by atoms with van der Waals surface area (Å²) in [6, 6.07) is 0. The summed E-state index contributed by atoms with van der Waals surface area (Å²) in [6.45, 7) is 0.361. The predicted molar refractivity (Wildman–Crippen MR) is 35.7 cm³/mol. The SMILES string of the molecule is COCC(C(=O)O)C1CC1. The molecule has 0 aromatic heterocycles. The smallest absolute Gasteiger partial charge is 0.309 e. The van der Waals surface area contributed by atoms with Crippen molar-refractivity contribution in [1.29, 1.82) is 0 Å². The van der Waals surface area contributed by atoms with E-state index in [-0.39, 0.29) is 5.92 Å². The summed E-state index contributed by atoms with van der Waals surface area (Å²) in [5.41, 5.74) is 0. The van der Waals surface area contributed by atoms with E-state index >= 15 is 0 Å². The summed E-state index contributed by atoms with van der Waals surface area (Å²) in [5, 5.41) is 8.63. The van der Waals surface area contributed by atoms with E-state index < -0.39 is 5.97 Å². The molecule has 1 N–H and O–H groups in total. The van der Waals surface area contributed by atoms with Gasteiger partial charge in [0.25, 0.3) is 0 Å². The molecule has 1 fully saturated rings. The van der Waals surface area contributed by atoms with Crippen molar-refractivity contribution in [2.75, 3.05) is 13.7 Å². The number of hydrogen-bond acceptors (Lipinski definition) is 2. The minimum atomic E-state index is -0.718. The van der Waals surface area contributed by atoms with Crippen LogP contribution in [0.4, 0.5) is 0 Å². The Morgan fingerprint density at radius 2 is 2.40 bits per heavy atom. The van der Waals surface area contributed by atoms with Crippen molar-refractivity contribution in [2.24, 2.45) is 11.8 Å². The molecule has 1 aliphatic carbocycles. The summed E-state index contributed by atoms with van der Waals surface area (Å²) in [4.78, 5) is 10.5. The summed E-state index contributed by atoms with van der Waals surface area (Å²) >= 11 is 0. The number of carbonyl (C=O) groups is 1. The number of rotatable bonds is 4. The van der Waals surface area contributed by atoms with E-state index in [1.54, 1.807) is 7.11 Å². The molecule has 0 aromatic carbocycles. The third-order valence-corrected chi connectivity index (χ3v) is 1.85. The number of hydrogen-bond donors (Lipinski definition) is 1. The molecular formula is C7H12O3. The molecule has 1 saturated carbocycles. The van der Waals surface area contributed by atoms with Crippen LogP contribution in [0.3, 0.4) is 0 Å². The van der Waals surface area contributed by atoms with Gasteiger partial charge in [0.2, 0.25) is 0 Å². The summed E-state index contributed by atoms with van der Waals surface area (Å²) < 4.78 is 4.79. The van der Waals surface area contributed by atoms with Gasteiger partial charge in [0.15, 0.2) is 0 Å². The second-order valence-corrected chi connectivity index (χ2v) is 2.74. The zero-order valence-electron chi connectivity index (χ0n) is 6.04. The molecule has 0 heterocycles. The monoisotopic (exact) mass is 144 g/mol. The van der Waals surface area contributed by atoms with Gasteiger partial charge < -0.3 is 9.84 Å². The van der Waals surface area contributed by atoms with E-state index in [1.165, 1.54) is 0 Å². The molecule has 1 atom stereocenters. The molecular weight excluding hydrogens is 132 g/mol. The number of ether oxygens (including phenoxy) is 1. The molecule has 10 heavy (non-hydrogen) atoms. The van der Waals surface area contributed by atoms with Crippen molar-refractivity contribution in [3.8, 4) is 0 Å². The van der Waals surface area contributed by atoms with Crippen LogP contribution in [0.1, 0.15) is 12.8 Å². The van der Waals surface area contributed by atoms with Gasteiger partial charge in [-0.15, -0.1) is 0 Å². The normalized spacial score (nSPS) is 20.5. The fourth-order valence-electron chi connectivity index (χ4n) is 1.09. The first kappa shape index (κ1) is 7.54. The molecule has 1 aliphatic rings. The Morgan fingerprint density at radius 3 is 2.70 bits per heavy atom. The minimum absolute atomic E-state index is 0.259. The molecule has 3 heteroatoms. The van der Waals surface area contributed by atoms with Crippen LogP contribution in [0.15, 0.2) is 0 Å². The van der Waals surface area contributed by atoms with Gasteiger partial charge in [-0.05, 0) is 18.8 Å². The highest BCUT2D eigenvalue weighted by Crippen LogP contribution is 2.36. The van der Waals surface area contributed by atoms with Crippen LogP contribution >= 0.6 is 0 Å². The average Bonchev–Trinajstić information content (AvgIpc) is 2.63. The van der Waals surface area contributed by atoms with Crippen molar-refractivity contribution in [3.63, 3.8) is 0 Å². The Labute approximate surface area is 60.0 Å². The van der Waals surface area contributed by atoms with Crippen LogP contribution in [0.5, 0.6) is 0 Å². The highest BCUT2D eigenvalue weighted by molar-refractivity contribution is 5.70. The summed E-state index contributed by atoms with van der Waals surface area (Å²) in [5.74, 6) is -0.591. The van der Waals surface area contributed by atoms with Gasteiger partial charge in [-0.2, -0.15) is 0 Å². The van der Waals surface area contributed by atoms with E-state index in [2.05, 4.69) is 0 Å². The molecule has 0 aliphatic heterocycles. The van der Waals surface area contributed by atoms with Crippen LogP contribution in [0, 0.1) is 11.8 Å². The van der Waals surface area contributed by atoms with E-state index in [4.69, 9.17) is 9.84 Å². The van der Waals surface area contributed by atoms with Crippen LogP contribution in [0.2, 0.25) is 0 Å². The molecule has 0 spiro atoms. The summed E-state index contributed by atoms with van der Waals surface area (Å²) in [6.07, 6.45) is 2.11. The third kappa shape index (κ3) is 1.70. The van der Waals surface area contributed by atoms with Gasteiger partial charge >= 0.3 is 5.97 Å². The standard InChI is InChI=1S/C7H12O3/c1-10-4-6(7(8)9)5-2-3-5/h5-6H,2-4H2,1H3,(H,8,9). The molecule has 0 aromatic rings. The van der Waals surface area contributed by atoms with E-state index in [1.807, 2.05) is 0 Å². The Balaban J connectivity index is 2.34. The van der Waals surface area contributed by atoms with Gasteiger partial charge in [0.1, 0.15) is 0 Å².